The molecule has 7 rings (SSSR count). The van der Waals surface area contributed by atoms with Crippen LogP contribution in [0, 0.1) is 20.8 Å². The normalized spacial score (nSPS) is 14.3. The van der Waals surface area contributed by atoms with E-state index >= 15 is 0 Å². The summed E-state index contributed by atoms with van der Waals surface area (Å²) >= 11 is 0. The number of rotatable bonds is 3. The van der Waals surface area contributed by atoms with Gasteiger partial charge in [0.1, 0.15) is 7.05 Å². The second kappa shape index (κ2) is 8.84. The van der Waals surface area contributed by atoms with Crippen LogP contribution in [0.2, 0.25) is 0 Å². The molecule has 2 heteroatoms. The standard InChI is InChI=1S/C36H35N2/c1-23-19-24(2)25(3)33(20-23)36-30-16-14-29(21-28(30)17-18-37(36)4)38-34-12-8-7-11-31(34)32-15-13-27(22-35(32)38)26-9-5-6-10-26/h7-8,11-22,26H,5-6,9-10H2,1-4H3/q+1. The van der Waals surface area contributed by atoms with Crippen molar-refractivity contribution in [1.29, 1.82) is 0 Å². The van der Waals surface area contributed by atoms with Crippen molar-refractivity contribution in [2.75, 3.05) is 0 Å². The molecule has 0 amide bonds. The van der Waals surface area contributed by atoms with Crippen LogP contribution in [0.1, 0.15) is 53.9 Å². The van der Waals surface area contributed by atoms with Gasteiger partial charge in [-0.05, 0) is 98.0 Å². The van der Waals surface area contributed by atoms with E-state index in [1.165, 1.54) is 97.5 Å². The van der Waals surface area contributed by atoms with E-state index in [0.717, 1.165) is 0 Å². The highest BCUT2D eigenvalue weighted by molar-refractivity contribution is 6.09. The van der Waals surface area contributed by atoms with Gasteiger partial charge in [0.05, 0.1) is 22.0 Å². The monoisotopic (exact) mass is 495 g/mol. The first kappa shape index (κ1) is 23.2. The zero-order valence-corrected chi connectivity index (χ0v) is 22.9. The van der Waals surface area contributed by atoms with Crippen molar-refractivity contribution in [2.24, 2.45) is 7.05 Å². The van der Waals surface area contributed by atoms with Crippen LogP contribution >= 0.6 is 0 Å². The van der Waals surface area contributed by atoms with Crippen LogP contribution in [0.15, 0.2) is 85.1 Å². The predicted molar refractivity (Wildman–Crippen MR) is 160 cm³/mol. The van der Waals surface area contributed by atoms with Gasteiger partial charge in [-0.15, -0.1) is 0 Å². The number of para-hydroxylation sites is 1. The van der Waals surface area contributed by atoms with E-state index in [4.69, 9.17) is 0 Å². The molecule has 0 spiro atoms. The lowest BCUT2D eigenvalue weighted by atomic mass is 9.94. The van der Waals surface area contributed by atoms with E-state index in [2.05, 4.69) is 122 Å². The molecule has 0 radical (unpaired) electrons. The molecule has 2 heterocycles. The average molecular weight is 496 g/mol. The predicted octanol–water partition coefficient (Wildman–Crippen LogP) is 9.01. The Morgan fingerprint density at radius 1 is 0.737 bits per heavy atom. The molecule has 1 aliphatic rings. The molecule has 1 saturated carbocycles. The van der Waals surface area contributed by atoms with Gasteiger partial charge in [0.2, 0.25) is 5.69 Å². The van der Waals surface area contributed by atoms with Crippen molar-refractivity contribution >= 4 is 32.6 Å². The Kier molecular flexibility index (Phi) is 5.40. The third-order valence-corrected chi connectivity index (χ3v) is 8.97. The van der Waals surface area contributed by atoms with Crippen LogP contribution in [0.4, 0.5) is 0 Å². The molecular formula is C36H35N2+. The summed E-state index contributed by atoms with van der Waals surface area (Å²) in [6.07, 6.45) is 7.56. The number of nitrogens with zero attached hydrogens (tertiary/aromatic N) is 2. The summed E-state index contributed by atoms with van der Waals surface area (Å²) in [4.78, 5) is 0. The van der Waals surface area contributed by atoms with Gasteiger partial charge in [-0.3, -0.25) is 0 Å². The van der Waals surface area contributed by atoms with Crippen molar-refractivity contribution in [3.05, 3.63) is 107 Å². The fraction of sp³-hybridized carbons (Fsp3) is 0.250. The minimum atomic E-state index is 0.700. The van der Waals surface area contributed by atoms with Gasteiger partial charge in [-0.25, -0.2) is 4.57 Å². The first-order chi connectivity index (χ1) is 18.5. The molecule has 1 fully saturated rings. The van der Waals surface area contributed by atoms with Crippen LogP contribution in [0.25, 0.3) is 49.5 Å². The van der Waals surface area contributed by atoms with Crippen LogP contribution in [0.3, 0.4) is 0 Å². The molecule has 0 bridgehead atoms. The van der Waals surface area contributed by atoms with Crippen molar-refractivity contribution in [1.82, 2.24) is 4.57 Å². The molecule has 1 aliphatic carbocycles. The largest absolute Gasteiger partial charge is 0.309 e. The quantitative estimate of drug-likeness (QED) is 0.217. The van der Waals surface area contributed by atoms with Crippen molar-refractivity contribution in [3.63, 3.8) is 0 Å². The Bertz CT molecular complexity index is 1860. The summed E-state index contributed by atoms with van der Waals surface area (Å²) in [5, 5.41) is 5.23. The maximum Gasteiger partial charge on any atom is 0.220 e. The van der Waals surface area contributed by atoms with Gasteiger partial charge in [0.15, 0.2) is 6.20 Å². The Hall–Kier alpha value is -3.91. The highest BCUT2D eigenvalue weighted by Crippen LogP contribution is 2.39. The van der Waals surface area contributed by atoms with Gasteiger partial charge < -0.3 is 4.57 Å². The molecule has 0 aliphatic heterocycles. The molecule has 0 saturated heterocycles. The fourth-order valence-electron chi connectivity index (χ4n) is 6.90. The van der Waals surface area contributed by atoms with E-state index in [1.54, 1.807) is 0 Å². The summed E-state index contributed by atoms with van der Waals surface area (Å²) in [5.41, 5.74) is 11.9. The number of hydrogen-bond donors (Lipinski definition) is 0. The van der Waals surface area contributed by atoms with Crippen molar-refractivity contribution < 1.29 is 4.57 Å². The first-order valence-electron chi connectivity index (χ1n) is 14.0. The zero-order chi connectivity index (χ0) is 26.0. The molecule has 38 heavy (non-hydrogen) atoms. The maximum atomic E-state index is 2.48. The summed E-state index contributed by atoms with van der Waals surface area (Å²) < 4.78 is 4.76. The topological polar surface area (TPSA) is 8.81 Å². The second-order valence-corrected chi connectivity index (χ2v) is 11.4. The van der Waals surface area contributed by atoms with Gasteiger partial charge in [-0.2, -0.15) is 0 Å². The van der Waals surface area contributed by atoms with Crippen LogP contribution in [-0.4, -0.2) is 4.57 Å². The first-order valence-corrected chi connectivity index (χ1v) is 14.0. The molecule has 0 atom stereocenters. The number of fused-ring (bicyclic) bond motifs is 4. The van der Waals surface area contributed by atoms with Crippen molar-refractivity contribution in [3.8, 4) is 16.9 Å². The summed E-state index contributed by atoms with van der Waals surface area (Å²) in [6.45, 7) is 6.66. The molecule has 188 valence electrons. The Morgan fingerprint density at radius 3 is 2.34 bits per heavy atom. The highest BCUT2D eigenvalue weighted by Gasteiger charge is 2.21. The average Bonchev–Trinajstić information content (AvgIpc) is 3.57. The van der Waals surface area contributed by atoms with Crippen LogP contribution in [-0.2, 0) is 7.05 Å². The number of aromatic nitrogens is 2. The number of benzene rings is 4. The molecule has 2 nitrogen and oxygen atoms in total. The minimum absolute atomic E-state index is 0.700. The molecule has 0 unspecified atom stereocenters. The van der Waals surface area contributed by atoms with Gasteiger partial charge in [-0.1, -0.05) is 54.8 Å². The number of hydrogen-bond acceptors (Lipinski definition) is 0. The zero-order valence-electron chi connectivity index (χ0n) is 22.9. The van der Waals surface area contributed by atoms with Gasteiger partial charge >= 0.3 is 0 Å². The second-order valence-electron chi connectivity index (χ2n) is 11.4. The third-order valence-electron chi connectivity index (χ3n) is 8.97. The third kappa shape index (κ3) is 3.58. The molecular weight excluding hydrogens is 460 g/mol. The lowest BCUT2D eigenvalue weighted by Gasteiger charge is -2.14. The fourth-order valence-corrected chi connectivity index (χ4v) is 6.90. The summed E-state index contributed by atoms with van der Waals surface area (Å²) in [7, 11) is 2.16. The molecule has 0 N–H and O–H groups in total. The Balaban J connectivity index is 1.47. The van der Waals surface area contributed by atoms with E-state index in [-0.39, 0.29) is 0 Å². The van der Waals surface area contributed by atoms with Gasteiger partial charge in [0, 0.05) is 22.5 Å². The van der Waals surface area contributed by atoms with Crippen LogP contribution < -0.4 is 4.57 Å². The molecule has 4 aromatic carbocycles. The van der Waals surface area contributed by atoms with Crippen LogP contribution in [0.5, 0.6) is 0 Å². The summed E-state index contributed by atoms with van der Waals surface area (Å²) in [6, 6.07) is 30.0. The number of pyridine rings is 1. The lowest BCUT2D eigenvalue weighted by molar-refractivity contribution is -0.659. The van der Waals surface area contributed by atoms with Crippen molar-refractivity contribution in [2.45, 2.75) is 52.4 Å². The van der Waals surface area contributed by atoms with E-state index < -0.39 is 0 Å². The molecule has 6 aromatic rings. The summed E-state index contributed by atoms with van der Waals surface area (Å²) in [5.74, 6) is 0.700. The molecule has 2 aromatic heterocycles. The SMILES string of the molecule is Cc1cc(C)c(C)c(-c2c3ccc(-n4c5ccccc5c5ccc(C6CCCC6)cc54)cc3cc[n+]2C)c1. The highest BCUT2D eigenvalue weighted by atomic mass is 15.0. The maximum absolute atomic E-state index is 2.48. The lowest BCUT2D eigenvalue weighted by Crippen LogP contribution is -2.30. The van der Waals surface area contributed by atoms with E-state index in [9.17, 15) is 0 Å². The van der Waals surface area contributed by atoms with Gasteiger partial charge in [0.25, 0.3) is 0 Å². The number of aryl methyl sites for hydroxylation is 3. The smallest absolute Gasteiger partial charge is 0.220 e. The van der Waals surface area contributed by atoms with E-state index in [0.29, 0.717) is 5.92 Å². The minimum Gasteiger partial charge on any atom is -0.309 e. The Labute approximate surface area is 225 Å². The van der Waals surface area contributed by atoms with E-state index in [1.807, 2.05) is 0 Å². The Morgan fingerprint density at radius 2 is 1.50 bits per heavy atom.